The molecule has 20 heavy (non-hydrogen) atoms. The van der Waals surface area contributed by atoms with Gasteiger partial charge in [-0.25, -0.2) is 4.39 Å². The van der Waals surface area contributed by atoms with Crippen LogP contribution in [0.1, 0.15) is 23.0 Å². The van der Waals surface area contributed by atoms with Crippen LogP contribution in [0.5, 0.6) is 0 Å². The molecule has 0 aliphatic heterocycles. The Balaban J connectivity index is 2.30. The first-order chi connectivity index (χ1) is 9.42. The summed E-state index contributed by atoms with van der Waals surface area (Å²) in [7, 11) is 0. The number of rotatable bonds is 3. The summed E-state index contributed by atoms with van der Waals surface area (Å²) in [6, 6.07) is 4.52. The number of nitrogens with two attached hydrogens (primary N) is 1. The predicted octanol–water partition coefficient (Wildman–Crippen LogP) is 3.55. The third kappa shape index (κ3) is 2.85. The van der Waals surface area contributed by atoms with Gasteiger partial charge in [0.05, 0.1) is 10.2 Å². The van der Waals surface area contributed by atoms with Gasteiger partial charge in [0.15, 0.2) is 0 Å². The number of nitrogens with zero attached hydrogens (tertiary/aromatic N) is 1. The number of amides is 1. The minimum absolute atomic E-state index is 0.312. The third-order valence-corrected chi connectivity index (χ3v) is 3.61. The number of nitrogen functional groups attached to an aromatic ring is 1. The smallest absolute Gasteiger partial charge is 0.272 e. The van der Waals surface area contributed by atoms with Crippen molar-refractivity contribution in [2.24, 2.45) is 0 Å². The van der Waals surface area contributed by atoms with Crippen molar-refractivity contribution in [2.75, 3.05) is 11.1 Å². The Morgan fingerprint density at radius 3 is 2.80 bits per heavy atom. The highest BCUT2D eigenvalue weighted by atomic mass is 79.9. The molecule has 6 heteroatoms. The van der Waals surface area contributed by atoms with E-state index in [2.05, 4.69) is 21.2 Å². The first-order valence-electron chi connectivity index (χ1n) is 6.15. The molecule has 0 spiro atoms. The Morgan fingerprint density at radius 2 is 2.15 bits per heavy atom. The van der Waals surface area contributed by atoms with Gasteiger partial charge in [-0.1, -0.05) is 0 Å². The van der Waals surface area contributed by atoms with Crippen molar-refractivity contribution < 1.29 is 9.18 Å². The molecule has 0 aliphatic carbocycles. The quantitative estimate of drug-likeness (QED) is 0.898. The van der Waals surface area contributed by atoms with Crippen molar-refractivity contribution >= 4 is 33.2 Å². The molecule has 2 rings (SSSR count). The van der Waals surface area contributed by atoms with Gasteiger partial charge < -0.3 is 15.6 Å². The van der Waals surface area contributed by atoms with Crippen molar-refractivity contribution in [3.05, 3.63) is 45.9 Å². The maximum absolute atomic E-state index is 13.5. The van der Waals surface area contributed by atoms with Gasteiger partial charge in [0.2, 0.25) is 0 Å². The molecule has 0 atom stereocenters. The summed E-state index contributed by atoms with van der Waals surface area (Å²) >= 11 is 3.11. The predicted molar refractivity (Wildman–Crippen MR) is 81.3 cm³/mol. The summed E-state index contributed by atoms with van der Waals surface area (Å²) in [5, 5.41) is 2.71. The molecule has 0 radical (unpaired) electrons. The van der Waals surface area contributed by atoms with Crippen LogP contribution in [0.3, 0.4) is 0 Å². The monoisotopic (exact) mass is 339 g/mol. The molecular formula is C14H15BrFN3O. The summed E-state index contributed by atoms with van der Waals surface area (Å²) in [5.74, 6) is -0.732. The number of carbonyl (C=O) groups is 1. The van der Waals surface area contributed by atoms with Crippen LogP contribution in [0.15, 0.2) is 28.9 Å². The average molecular weight is 340 g/mol. The van der Waals surface area contributed by atoms with E-state index >= 15 is 0 Å². The van der Waals surface area contributed by atoms with E-state index in [1.807, 2.05) is 6.92 Å². The van der Waals surface area contributed by atoms with Crippen LogP contribution in [0.2, 0.25) is 0 Å². The van der Waals surface area contributed by atoms with Gasteiger partial charge in [-0.3, -0.25) is 4.79 Å². The Morgan fingerprint density at radius 1 is 1.45 bits per heavy atom. The maximum atomic E-state index is 13.5. The Kier molecular flexibility index (Phi) is 4.13. The van der Waals surface area contributed by atoms with Gasteiger partial charge >= 0.3 is 0 Å². The lowest BCUT2D eigenvalue weighted by atomic mass is 10.2. The SMILES string of the molecule is CCn1cc(N)cc1C(=O)Nc1cc(F)c(Br)cc1C. The van der Waals surface area contributed by atoms with Gasteiger partial charge in [0, 0.05) is 18.4 Å². The molecule has 0 aliphatic rings. The van der Waals surface area contributed by atoms with Crippen molar-refractivity contribution in [1.29, 1.82) is 0 Å². The van der Waals surface area contributed by atoms with Crippen LogP contribution in [0.25, 0.3) is 0 Å². The van der Waals surface area contributed by atoms with Crippen molar-refractivity contribution in [2.45, 2.75) is 20.4 Å². The fourth-order valence-electron chi connectivity index (χ4n) is 1.95. The number of halogens is 2. The van der Waals surface area contributed by atoms with Crippen LogP contribution in [0.4, 0.5) is 15.8 Å². The van der Waals surface area contributed by atoms with Crippen LogP contribution < -0.4 is 11.1 Å². The van der Waals surface area contributed by atoms with E-state index in [1.165, 1.54) is 6.07 Å². The Hall–Kier alpha value is -1.82. The zero-order valence-electron chi connectivity index (χ0n) is 11.2. The number of hydrogen-bond acceptors (Lipinski definition) is 2. The highest BCUT2D eigenvalue weighted by Gasteiger charge is 2.14. The maximum Gasteiger partial charge on any atom is 0.272 e. The lowest BCUT2D eigenvalue weighted by Crippen LogP contribution is -2.17. The normalized spacial score (nSPS) is 10.6. The summed E-state index contributed by atoms with van der Waals surface area (Å²) in [5.41, 5.74) is 7.88. The summed E-state index contributed by atoms with van der Waals surface area (Å²) in [6.45, 7) is 4.35. The van der Waals surface area contributed by atoms with Crippen LogP contribution in [0, 0.1) is 12.7 Å². The minimum atomic E-state index is -0.420. The molecule has 0 bridgehead atoms. The second-order valence-corrected chi connectivity index (χ2v) is 5.33. The van der Waals surface area contributed by atoms with Crippen LogP contribution >= 0.6 is 15.9 Å². The van der Waals surface area contributed by atoms with Gasteiger partial charge in [-0.05, 0) is 53.5 Å². The minimum Gasteiger partial charge on any atom is -0.397 e. The van der Waals surface area contributed by atoms with E-state index in [1.54, 1.807) is 29.8 Å². The summed E-state index contributed by atoms with van der Waals surface area (Å²) in [4.78, 5) is 12.2. The number of carbonyl (C=O) groups excluding carboxylic acids is 1. The van der Waals surface area contributed by atoms with E-state index in [9.17, 15) is 9.18 Å². The number of anilines is 2. The molecule has 3 N–H and O–H groups in total. The zero-order chi connectivity index (χ0) is 14.9. The second kappa shape index (κ2) is 5.66. The largest absolute Gasteiger partial charge is 0.397 e. The Bertz CT molecular complexity index is 667. The van der Waals surface area contributed by atoms with Crippen LogP contribution in [-0.2, 0) is 6.54 Å². The molecule has 0 saturated carbocycles. The van der Waals surface area contributed by atoms with Gasteiger partial charge in [-0.15, -0.1) is 0 Å². The molecule has 0 unspecified atom stereocenters. The van der Waals surface area contributed by atoms with Crippen LogP contribution in [-0.4, -0.2) is 10.5 Å². The van der Waals surface area contributed by atoms with E-state index in [4.69, 9.17) is 5.73 Å². The number of hydrogen-bond donors (Lipinski definition) is 2. The number of aryl methyl sites for hydroxylation is 2. The van der Waals surface area contributed by atoms with Crippen molar-refractivity contribution in [3.63, 3.8) is 0 Å². The summed E-state index contributed by atoms with van der Waals surface area (Å²) < 4.78 is 15.7. The van der Waals surface area contributed by atoms with Gasteiger partial charge in [-0.2, -0.15) is 0 Å². The standard InChI is InChI=1S/C14H15BrFN3O/c1-3-19-7-9(17)5-13(19)14(20)18-12-6-11(16)10(15)4-8(12)2/h4-7H,3,17H2,1-2H3,(H,18,20). The molecule has 2 aromatic rings. The van der Waals surface area contributed by atoms with Gasteiger partial charge in [0.25, 0.3) is 5.91 Å². The molecule has 1 heterocycles. The molecule has 1 aromatic heterocycles. The van der Waals surface area contributed by atoms with E-state index in [0.717, 1.165) is 5.56 Å². The second-order valence-electron chi connectivity index (χ2n) is 4.48. The van der Waals surface area contributed by atoms with E-state index < -0.39 is 5.82 Å². The molecule has 106 valence electrons. The third-order valence-electron chi connectivity index (χ3n) is 3.01. The van der Waals surface area contributed by atoms with Crippen molar-refractivity contribution in [3.8, 4) is 0 Å². The lowest BCUT2D eigenvalue weighted by molar-refractivity contribution is 0.101. The molecule has 1 aromatic carbocycles. The first kappa shape index (κ1) is 14.6. The van der Waals surface area contributed by atoms with E-state index in [0.29, 0.717) is 28.1 Å². The fraction of sp³-hybridized carbons (Fsp3) is 0.214. The van der Waals surface area contributed by atoms with Gasteiger partial charge in [0.1, 0.15) is 11.5 Å². The molecule has 0 saturated heterocycles. The van der Waals surface area contributed by atoms with Crippen molar-refractivity contribution in [1.82, 2.24) is 4.57 Å². The first-order valence-corrected chi connectivity index (χ1v) is 6.94. The number of nitrogens with one attached hydrogen (secondary N) is 1. The fourth-order valence-corrected chi connectivity index (χ4v) is 2.41. The number of aromatic nitrogens is 1. The average Bonchev–Trinajstić information content (AvgIpc) is 2.77. The summed E-state index contributed by atoms with van der Waals surface area (Å²) in [6.07, 6.45) is 1.70. The molecular weight excluding hydrogens is 325 g/mol. The highest BCUT2D eigenvalue weighted by molar-refractivity contribution is 9.10. The lowest BCUT2D eigenvalue weighted by Gasteiger charge is -2.10. The number of benzene rings is 1. The topological polar surface area (TPSA) is 60.0 Å². The Labute approximate surface area is 124 Å². The molecule has 1 amide bonds. The highest BCUT2D eigenvalue weighted by Crippen LogP contribution is 2.24. The molecule has 4 nitrogen and oxygen atoms in total. The zero-order valence-corrected chi connectivity index (χ0v) is 12.8. The van der Waals surface area contributed by atoms with E-state index in [-0.39, 0.29) is 5.91 Å². The molecule has 0 fully saturated rings.